The molecule has 114 valence electrons. The van der Waals surface area contributed by atoms with Crippen LogP contribution in [-0.2, 0) is 4.74 Å². The minimum Gasteiger partial charge on any atom is -0.453 e. The first kappa shape index (κ1) is 14.4. The number of guanidine groups is 1. The maximum absolute atomic E-state index is 11.3. The quantitative estimate of drug-likeness (QED) is 0.895. The Hall–Kier alpha value is -2.56. The van der Waals surface area contributed by atoms with Gasteiger partial charge in [0, 0.05) is 0 Å². The molecule has 0 fully saturated rings. The van der Waals surface area contributed by atoms with Crippen molar-refractivity contribution < 1.29 is 9.53 Å². The van der Waals surface area contributed by atoms with E-state index in [2.05, 4.69) is 57.6 Å². The van der Waals surface area contributed by atoms with Crippen LogP contribution < -0.4 is 10.6 Å². The van der Waals surface area contributed by atoms with E-state index in [0.717, 1.165) is 12.0 Å². The van der Waals surface area contributed by atoms with Crippen LogP contribution in [0.2, 0.25) is 0 Å². The van der Waals surface area contributed by atoms with Gasteiger partial charge in [0.05, 0.1) is 19.2 Å². The normalized spacial score (nSPS) is 20.4. The summed E-state index contributed by atoms with van der Waals surface area (Å²) in [6.45, 7) is 2.10. The molecule has 0 aromatic heterocycles. The number of hydrogen-bond acceptors (Lipinski definition) is 4. The van der Waals surface area contributed by atoms with Crippen molar-refractivity contribution in [2.75, 3.05) is 7.11 Å². The predicted octanol–water partition coefficient (Wildman–Crippen LogP) is 2.97. The molecule has 1 aliphatic rings. The zero-order valence-electron chi connectivity index (χ0n) is 12.7. The van der Waals surface area contributed by atoms with Gasteiger partial charge in [0.25, 0.3) is 0 Å². The first-order valence-electron chi connectivity index (χ1n) is 7.39. The Kier molecular flexibility index (Phi) is 3.96. The standard InChI is InChI=1S/C17H19N3O2/c1-3-14-15(19-16(18-14)20-17(21)22-2)13-9-8-11-6-4-5-7-12(11)10-13/h4-10,14-15H,3H2,1-2H3,(H2,18,19,20,21). The second kappa shape index (κ2) is 6.05. The molecule has 2 unspecified atom stereocenters. The van der Waals surface area contributed by atoms with Crippen molar-refractivity contribution >= 4 is 22.8 Å². The molecule has 2 N–H and O–H groups in total. The lowest BCUT2D eigenvalue weighted by Gasteiger charge is -2.17. The highest BCUT2D eigenvalue weighted by atomic mass is 16.5. The van der Waals surface area contributed by atoms with Crippen LogP contribution in [0.1, 0.15) is 24.9 Å². The summed E-state index contributed by atoms with van der Waals surface area (Å²) in [4.78, 5) is 15.9. The van der Waals surface area contributed by atoms with Crippen LogP contribution in [0, 0.1) is 0 Å². The van der Waals surface area contributed by atoms with Crippen molar-refractivity contribution in [2.24, 2.45) is 4.99 Å². The predicted molar refractivity (Wildman–Crippen MR) is 86.9 cm³/mol. The Morgan fingerprint density at radius 2 is 2.05 bits per heavy atom. The van der Waals surface area contributed by atoms with Crippen molar-refractivity contribution in [3.05, 3.63) is 48.0 Å². The summed E-state index contributed by atoms with van der Waals surface area (Å²) in [7, 11) is 1.34. The number of ether oxygens (including phenoxy) is 1. The van der Waals surface area contributed by atoms with E-state index in [-0.39, 0.29) is 12.1 Å². The number of alkyl carbamates (subject to hydrolysis) is 1. The van der Waals surface area contributed by atoms with Gasteiger partial charge in [-0.25, -0.2) is 9.79 Å². The van der Waals surface area contributed by atoms with Crippen molar-refractivity contribution in [3.8, 4) is 0 Å². The van der Waals surface area contributed by atoms with E-state index < -0.39 is 6.09 Å². The van der Waals surface area contributed by atoms with Crippen LogP contribution in [-0.4, -0.2) is 25.2 Å². The molecule has 0 bridgehead atoms. The van der Waals surface area contributed by atoms with Crippen molar-refractivity contribution in [1.82, 2.24) is 10.6 Å². The highest BCUT2D eigenvalue weighted by Gasteiger charge is 2.29. The minimum atomic E-state index is -0.514. The van der Waals surface area contributed by atoms with E-state index in [0.29, 0.717) is 5.96 Å². The Morgan fingerprint density at radius 3 is 2.77 bits per heavy atom. The number of fused-ring (bicyclic) bond motifs is 1. The van der Waals surface area contributed by atoms with Gasteiger partial charge in [-0.3, -0.25) is 5.32 Å². The lowest BCUT2D eigenvalue weighted by atomic mass is 9.96. The molecule has 1 heterocycles. The number of carbonyl (C=O) groups is 1. The zero-order valence-corrected chi connectivity index (χ0v) is 12.7. The first-order valence-corrected chi connectivity index (χ1v) is 7.39. The van der Waals surface area contributed by atoms with Crippen LogP contribution in [0.3, 0.4) is 0 Å². The number of nitrogens with one attached hydrogen (secondary N) is 2. The van der Waals surface area contributed by atoms with Gasteiger partial charge in [-0.2, -0.15) is 0 Å². The second-order valence-electron chi connectivity index (χ2n) is 5.30. The second-order valence-corrected chi connectivity index (χ2v) is 5.30. The fraction of sp³-hybridized carbons (Fsp3) is 0.294. The van der Waals surface area contributed by atoms with Gasteiger partial charge in [0.2, 0.25) is 5.96 Å². The zero-order chi connectivity index (χ0) is 15.5. The van der Waals surface area contributed by atoms with E-state index in [1.54, 1.807) is 0 Å². The van der Waals surface area contributed by atoms with E-state index in [4.69, 9.17) is 0 Å². The lowest BCUT2D eigenvalue weighted by molar-refractivity contribution is 0.176. The summed E-state index contributed by atoms with van der Waals surface area (Å²) < 4.78 is 4.61. The molecule has 1 amide bonds. The molecule has 5 nitrogen and oxygen atoms in total. The highest BCUT2D eigenvalue weighted by molar-refractivity contribution is 5.95. The average Bonchev–Trinajstić information content (AvgIpc) is 2.97. The summed E-state index contributed by atoms with van der Waals surface area (Å²) in [6, 6.07) is 14.8. The molecule has 0 radical (unpaired) electrons. The fourth-order valence-electron chi connectivity index (χ4n) is 2.76. The van der Waals surface area contributed by atoms with Crippen LogP contribution in [0.15, 0.2) is 47.5 Å². The van der Waals surface area contributed by atoms with Gasteiger partial charge in [0.15, 0.2) is 0 Å². The van der Waals surface area contributed by atoms with E-state index >= 15 is 0 Å². The largest absolute Gasteiger partial charge is 0.453 e. The Balaban J connectivity index is 1.91. The van der Waals surface area contributed by atoms with Crippen molar-refractivity contribution in [1.29, 1.82) is 0 Å². The number of benzene rings is 2. The van der Waals surface area contributed by atoms with E-state index in [1.165, 1.54) is 17.9 Å². The number of amides is 1. The molecule has 0 saturated carbocycles. The van der Waals surface area contributed by atoms with Gasteiger partial charge < -0.3 is 10.1 Å². The Labute approximate surface area is 129 Å². The Morgan fingerprint density at radius 1 is 1.27 bits per heavy atom. The third kappa shape index (κ3) is 2.74. The van der Waals surface area contributed by atoms with E-state index in [1.807, 2.05) is 12.1 Å². The van der Waals surface area contributed by atoms with E-state index in [9.17, 15) is 4.79 Å². The van der Waals surface area contributed by atoms with Gasteiger partial charge in [0.1, 0.15) is 0 Å². The van der Waals surface area contributed by atoms with Crippen LogP contribution in [0.25, 0.3) is 10.8 Å². The minimum absolute atomic E-state index is 0.0123. The Bertz CT molecular complexity index is 727. The molecule has 0 saturated heterocycles. The molecule has 2 aromatic carbocycles. The molecule has 1 aliphatic heterocycles. The SMILES string of the molecule is CCC1NC(NC(=O)OC)=NC1c1ccc2ccccc2c1. The number of hydrogen-bond donors (Lipinski definition) is 2. The van der Waals surface area contributed by atoms with Crippen molar-refractivity contribution in [3.63, 3.8) is 0 Å². The number of nitrogens with zero attached hydrogens (tertiary/aromatic N) is 1. The third-order valence-corrected chi connectivity index (χ3v) is 3.93. The molecule has 0 aliphatic carbocycles. The smallest absolute Gasteiger partial charge is 0.413 e. The number of aliphatic imine (C=N–C) groups is 1. The summed E-state index contributed by atoms with van der Waals surface area (Å²) >= 11 is 0. The third-order valence-electron chi connectivity index (χ3n) is 3.93. The van der Waals surface area contributed by atoms with Gasteiger partial charge in [-0.15, -0.1) is 0 Å². The summed E-state index contributed by atoms with van der Waals surface area (Å²) in [5.41, 5.74) is 1.14. The summed E-state index contributed by atoms with van der Waals surface area (Å²) in [5.74, 6) is 0.469. The molecule has 3 rings (SSSR count). The molecule has 22 heavy (non-hydrogen) atoms. The topological polar surface area (TPSA) is 62.7 Å². The van der Waals surface area contributed by atoms with Crippen molar-refractivity contribution in [2.45, 2.75) is 25.4 Å². The average molecular weight is 297 g/mol. The molecular formula is C17H19N3O2. The monoisotopic (exact) mass is 297 g/mol. The number of rotatable bonds is 2. The maximum atomic E-state index is 11.3. The molecular weight excluding hydrogens is 278 g/mol. The summed E-state index contributed by atoms with van der Waals surface area (Å²) in [6.07, 6.45) is 0.396. The van der Waals surface area contributed by atoms with Crippen LogP contribution in [0.5, 0.6) is 0 Å². The van der Waals surface area contributed by atoms with Gasteiger partial charge in [-0.1, -0.05) is 43.3 Å². The molecule has 2 aromatic rings. The van der Waals surface area contributed by atoms with Crippen LogP contribution >= 0.6 is 0 Å². The molecule has 5 heteroatoms. The van der Waals surface area contributed by atoms with Gasteiger partial charge in [-0.05, 0) is 28.8 Å². The van der Waals surface area contributed by atoms with Gasteiger partial charge >= 0.3 is 6.09 Å². The first-order chi connectivity index (χ1) is 10.7. The summed E-state index contributed by atoms with van der Waals surface area (Å²) in [5, 5.41) is 8.25. The number of carbonyl (C=O) groups excluding carboxylic acids is 1. The molecule has 0 spiro atoms. The fourth-order valence-corrected chi connectivity index (χ4v) is 2.76. The number of methoxy groups -OCH3 is 1. The maximum Gasteiger partial charge on any atom is 0.413 e. The van der Waals surface area contributed by atoms with Crippen LogP contribution in [0.4, 0.5) is 4.79 Å². The molecule has 2 atom stereocenters. The lowest BCUT2D eigenvalue weighted by Crippen LogP contribution is -2.41. The highest BCUT2D eigenvalue weighted by Crippen LogP contribution is 2.29.